The molecule has 0 spiro atoms. The van der Waals surface area contributed by atoms with Gasteiger partial charge in [-0.3, -0.25) is 9.11 Å². The van der Waals surface area contributed by atoms with Crippen molar-refractivity contribution in [3.63, 3.8) is 0 Å². The summed E-state index contributed by atoms with van der Waals surface area (Å²) >= 11 is 0. The van der Waals surface area contributed by atoms with E-state index in [0.29, 0.717) is 36.8 Å². The first-order valence-electron chi connectivity index (χ1n) is 12.1. The fourth-order valence-corrected chi connectivity index (χ4v) is 5.78. The zero-order valence-corrected chi connectivity index (χ0v) is 23.7. The van der Waals surface area contributed by atoms with Gasteiger partial charge in [0.1, 0.15) is 0 Å². The van der Waals surface area contributed by atoms with Crippen molar-refractivity contribution in [3.8, 4) is 0 Å². The second kappa shape index (κ2) is 10.6. The van der Waals surface area contributed by atoms with Crippen LogP contribution in [0.3, 0.4) is 0 Å². The number of rotatable bonds is 9. The predicted molar refractivity (Wildman–Crippen MR) is 143 cm³/mol. The van der Waals surface area contributed by atoms with Gasteiger partial charge in [0.25, 0.3) is 20.2 Å². The molecule has 3 rings (SSSR count). The Morgan fingerprint density at radius 1 is 0.811 bits per heavy atom. The van der Waals surface area contributed by atoms with Crippen LogP contribution < -0.4 is 0 Å². The van der Waals surface area contributed by atoms with E-state index >= 15 is 0 Å². The zero-order valence-electron chi connectivity index (χ0n) is 22.1. The summed E-state index contributed by atoms with van der Waals surface area (Å²) in [6.07, 6.45) is 3.40. The molecule has 37 heavy (non-hydrogen) atoms. The molecule has 1 aliphatic heterocycles. The van der Waals surface area contributed by atoms with E-state index in [2.05, 4.69) is 0 Å². The highest BCUT2D eigenvalue weighted by Gasteiger charge is 2.52. The van der Waals surface area contributed by atoms with Gasteiger partial charge in [-0.1, -0.05) is 41.5 Å². The number of hydrogen-bond acceptors (Lipinski definition) is 6. The van der Waals surface area contributed by atoms with E-state index in [4.69, 9.17) is 9.31 Å². The summed E-state index contributed by atoms with van der Waals surface area (Å²) in [7, 11) is -9.44. The topological polar surface area (TPSA) is 127 Å². The average molecular weight is 551 g/mol. The Bertz CT molecular complexity index is 1390. The maximum Gasteiger partial charge on any atom is 0.490 e. The summed E-state index contributed by atoms with van der Waals surface area (Å²) in [5.74, 6) is 0. The summed E-state index contributed by atoms with van der Waals surface area (Å²) in [6.45, 7) is 11.4. The fourth-order valence-electron chi connectivity index (χ4n) is 4.31. The molecule has 0 unspecified atom stereocenters. The van der Waals surface area contributed by atoms with Crippen LogP contribution in [0.5, 0.6) is 0 Å². The minimum atomic E-state index is -4.39. The third-order valence-electron chi connectivity index (χ3n) is 7.05. The van der Waals surface area contributed by atoms with E-state index in [1.165, 1.54) is 12.1 Å². The average Bonchev–Trinajstić information content (AvgIpc) is 2.95. The molecule has 1 fully saturated rings. The standard InChI is InChI=1S/C26H35BO8S2/c1-18-10-14-23(36(28,29)30)20(16-18)8-7-9-22(27-34-25(3,4)26(5,6)35-27)13-12-21-17-19(2)11-15-24(21)37(31,32)33/h9-11,14-17H,7-8,12-13H2,1-6H3,(H,28,29,30)(H,31,32,33)/b22-9-. The monoisotopic (exact) mass is 550 g/mol. The number of allylic oxidation sites excluding steroid dienone is 2. The molecule has 2 N–H and O–H groups in total. The molecular weight excluding hydrogens is 515 g/mol. The Hall–Kier alpha value is -2.02. The minimum absolute atomic E-state index is 0.124. The van der Waals surface area contributed by atoms with Crippen molar-refractivity contribution in [3.05, 3.63) is 70.2 Å². The lowest BCUT2D eigenvalue weighted by Gasteiger charge is -2.32. The van der Waals surface area contributed by atoms with Crippen LogP contribution in [0.15, 0.2) is 57.7 Å². The molecule has 2 aromatic rings. The van der Waals surface area contributed by atoms with Gasteiger partial charge < -0.3 is 9.31 Å². The molecule has 8 nitrogen and oxygen atoms in total. The molecule has 202 valence electrons. The van der Waals surface area contributed by atoms with Gasteiger partial charge in [-0.15, -0.1) is 0 Å². The zero-order chi connectivity index (χ0) is 27.8. The summed E-state index contributed by atoms with van der Waals surface area (Å²) in [5, 5.41) is 0. The second-order valence-electron chi connectivity index (χ2n) is 10.6. The number of hydrogen-bond donors (Lipinski definition) is 2. The summed E-state index contributed by atoms with van der Waals surface area (Å²) < 4.78 is 79.4. The molecule has 1 heterocycles. The van der Waals surface area contributed by atoms with Gasteiger partial charge in [-0.05, 0) is 96.0 Å². The molecule has 0 bridgehead atoms. The molecule has 1 saturated heterocycles. The molecule has 1 aliphatic rings. The van der Waals surface area contributed by atoms with Crippen LogP contribution in [0, 0.1) is 13.8 Å². The third-order valence-corrected chi connectivity index (χ3v) is 8.96. The van der Waals surface area contributed by atoms with Crippen LogP contribution in [0.4, 0.5) is 0 Å². The predicted octanol–water partition coefficient (Wildman–Crippen LogP) is 4.92. The van der Waals surface area contributed by atoms with E-state index in [1.54, 1.807) is 24.3 Å². The van der Waals surface area contributed by atoms with E-state index in [9.17, 15) is 25.9 Å². The third kappa shape index (κ3) is 7.10. The molecule has 0 aliphatic carbocycles. The van der Waals surface area contributed by atoms with E-state index in [-0.39, 0.29) is 9.79 Å². The van der Waals surface area contributed by atoms with Crippen LogP contribution in [0.2, 0.25) is 0 Å². The Balaban J connectivity index is 1.92. The van der Waals surface area contributed by atoms with Crippen molar-refractivity contribution in [1.82, 2.24) is 0 Å². The highest BCUT2D eigenvalue weighted by atomic mass is 32.2. The van der Waals surface area contributed by atoms with Crippen LogP contribution in [0.1, 0.15) is 62.8 Å². The molecule has 0 radical (unpaired) electrons. The summed E-state index contributed by atoms with van der Waals surface area (Å²) in [5.41, 5.74) is 2.32. The molecule has 11 heteroatoms. The lowest BCUT2D eigenvalue weighted by Crippen LogP contribution is -2.41. The molecule has 0 amide bonds. The molecule has 0 atom stereocenters. The van der Waals surface area contributed by atoms with Gasteiger partial charge in [0.15, 0.2) is 0 Å². The lowest BCUT2D eigenvalue weighted by atomic mass is 9.74. The SMILES string of the molecule is Cc1ccc(S(=O)(=O)O)c(CC/C=C(/CCc2cc(C)ccc2S(=O)(=O)O)B2OC(C)(C)C(C)(C)O2)c1. The molecule has 0 aromatic heterocycles. The highest BCUT2D eigenvalue weighted by Crippen LogP contribution is 2.39. The first-order valence-corrected chi connectivity index (χ1v) is 15.0. The van der Waals surface area contributed by atoms with Gasteiger partial charge in [-0.2, -0.15) is 16.8 Å². The lowest BCUT2D eigenvalue weighted by molar-refractivity contribution is 0.00578. The van der Waals surface area contributed by atoms with Gasteiger partial charge in [0.2, 0.25) is 0 Å². The molecular formula is C26H35BO8S2. The molecule has 0 saturated carbocycles. The molecule has 2 aromatic carbocycles. The van der Waals surface area contributed by atoms with Crippen molar-refractivity contribution < 1.29 is 35.2 Å². The first kappa shape index (κ1) is 29.5. The van der Waals surface area contributed by atoms with Crippen molar-refractivity contribution in [1.29, 1.82) is 0 Å². The van der Waals surface area contributed by atoms with Gasteiger partial charge in [0, 0.05) is 0 Å². The van der Waals surface area contributed by atoms with Crippen molar-refractivity contribution in [2.75, 3.05) is 0 Å². The second-order valence-corrected chi connectivity index (χ2v) is 13.4. The van der Waals surface area contributed by atoms with E-state index < -0.39 is 38.6 Å². The maximum absolute atomic E-state index is 11.9. The number of aryl methyl sites for hydroxylation is 4. The summed E-state index contributed by atoms with van der Waals surface area (Å²) in [6, 6.07) is 9.52. The Morgan fingerprint density at radius 2 is 1.24 bits per heavy atom. The normalized spacial score (nSPS) is 17.8. The summed E-state index contributed by atoms with van der Waals surface area (Å²) in [4.78, 5) is -0.259. The largest absolute Gasteiger partial charge is 0.490 e. The Labute approximate surface area is 220 Å². The maximum atomic E-state index is 11.9. The van der Waals surface area contributed by atoms with Crippen LogP contribution in [-0.2, 0) is 42.4 Å². The van der Waals surface area contributed by atoms with E-state index in [1.807, 2.05) is 47.6 Å². The first-order chi connectivity index (χ1) is 16.9. The number of benzene rings is 2. The quantitative estimate of drug-likeness (QED) is 0.333. The van der Waals surface area contributed by atoms with E-state index in [0.717, 1.165) is 16.6 Å². The fraction of sp³-hybridized carbons (Fsp3) is 0.462. The van der Waals surface area contributed by atoms with Crippen LogP contribution in [-0.4, -0.2) is 44.3 Å². The Morgan fingerprint density at radius 3 is 1.68 bits per heavy atom. The smallest absolute Gasteiger partial charge is 0.400 e. The van der Waals surface area contributed by atoms with Gasteiger partial charge in [0.05, 0.1) is 21.0 Å². The highest BCUT2D eigenvalue weighted by molar-refractivity contribution is 7.86. The Kier molecular flexibility index (Phi) is 8.48. The van der Waals surface area contributed by atoms with Crippen LogP contribution in [0.25, 0.3) is 0 Å². The van der Waals surface area contributed by atoms with Gasteiger partial charge >= 0.3 is 7.12 Å². The van der Waals surface area contributed by atoms with Crippen LogP contribution >= 0.6 is 0 Å². The van der Waals surface area contributed by atoms with Crippen molar-refractivity contribution in [2.24, 2.45) is 0 Å². The minimum Gasteiger partial charge on any atom is -0.400 e. The van der Waals surface area contributed by atoms with Gasteiger partial charge in [-0.25, -0.2) is 0 Å². The van der Waals surface area contributed by atoms with Crippen molar-refractivity contribution >= 4 is 27.4 Å². The van der Waals surface area contributed by atoms with Crippen molar-refractivity contribution in [2.45, 2.75) is 88.2 Å².